The Morgan fingerprint density at radius 2 is 1.88 bits per heavy atom. The molecule has 214 valence electrons. The summed E-state index contributed by atoms with van der Waals surface area (Å²) in [4.78, 5) is 31.4. The first-order chi connectivity index (χ1) is 20.5. The van der Waals surface area contributed by atoms with Gasteiger partial charge in [0.25, 0.3) is 11.5 Å². The number of carbonyl (C=O) groups excluding carboxylic acids is 1. The molecule has 1 fully saturated rings. The van der Waals surface area contributed by atoms with Gasteiger partial charge in [-0.2, -0.15) is 0 Å². The van der Waals surface area contributed by atoms with Crippen molar-refractivity contribution in [3.05, 3.63) is 76.5 Å². The molecule has 1 amide bonds. The quantitative estimate of drug-likeness (QED) is 0.289. The molecule has 1 saturated carbocycles. The van der Waals surface area contributed by atoms with Gasteiger partial charge in [0.2, 0.25) is 0 Å². The molecule has 0 saturated heterocycles. The van der Waals surface area contributed by atoms with Crippen LogP contribution in [-0.2, 0) is 17.9 Å². The molecule has 5 heterocycles. The molecule has 1 aliphatic heterocycles. The van der Waals surface area contributed by atoms with E-state index in [2.05, 4.69) is 30.3 Å². The number of para-hydroxylation sites is 1. The Labute approximate surface area is 239 Å². The van der Waals surface area contributed by atoms with E-state index in [0.29, 0.717) is 41.4 Å². The van der Waals surface area contributed by atoms with Gasteiger partial charge >= 0.3 is 0 Å². The normalized spacial score (nSPS) is 18.6. The van der Waals surface area contributed by atoms with E-state index in [4.69, 9.17) is 10.5 Å². The van der Waals surface area contributed by atoms with Gasteiger partial charge in [0, 0.05) is 29.6 Å². The van der Waals surface area contributed by atoms with Crippen molar-refractivity contribution in [2.75, 3.05) is 17.7 Å². The number of aliphatic hydroxyl groups excluding tert-OH is 1. The predicted molar refractivity (Wildman–Crippen MR) is 154 cm³/mol. The number of hydrogen-bond acceptors (Lipinski definition) is 9. The molecular formula is C29H29N9O4. The second kappa shape index (κ2) is 10.5. The van der Waals surface area contributed by atoms with Crippen molar-refractivity contribution in [3.8, 4) is 16.8 Å². The summed E-state index contributed by atoms with van der Waals surface area (Å²) in [5.74, 6) is 0.00309. The van der Waals surface area contributed by atoms with Crippen LogP contribution in [0.1, 0.15) is 47.8 Å². The lowest BCUT2D eigenvalue weighted by Gasteiger charge is -2.26. The zero-order valence-electron chi connectivity index (χ0n) is 22.7. The fourth-order valence-electron chi connectivity index (χ4n) is 6.02. The highest BCUT2D eigenvalue weighted by Crippen LogP contribution is 2.37. The zero-order chi connectivity index (χ0) is 28.8. The standard InChI is InChI=1S/C29H29N9O4/c30-26-24-21(15-36(27(24)34-35-33-26)18-7-9-20(39)10-8-18)17-6-11-23(31-14-17)32-28(40)25-22-16-42-13-12-37(22)38(29(25)41)19-4-2-1-3-5-19/h1-6,11,14-15,18,20,39H,7-10,12-13,16H2,(H2,30,33,34)(H,31,32,40). The monoisotopic (exact) mass is 567 g/mol. The Bertz CT molecular complexity index is 1840. The second-order valence-electron chi connectivity index (χ2n) is 10.6. The molecule has 1 aliphatic carbocycles. The number of hydrogen-bond donors (Lipinski definition) is 3. The highest BCUT2D eigenvalue weighted by molar-refractivity contribution is 6.05. The van der Waals surface area contributed by atoms with Crippen LogP contribution in [-0.4, -0.2) is 58.0 Å². The molecule has 42 heavy (non-hydrogen) atoms. The highest BCUT2D eigenvalue weighted by Gasteiger charge is 2.29. The van der Waals surface area contributed by atoms with Gasteiger partial charge in [0.1, 0.15) is 11.4 Å². The van der Waals surface area contributed by atoms with E-state index in [0.717, 1.165) is 36.8 Å². The third-order valence-electron chi connectivity index (χ3n) is 8.09. The zero-order valence-corrected chi connectivity index (χ0v) is 22.7. The van der Waals surface area contributed by atoms with Crippen molar-refractivity contribution in [2.24, 2.45) is 0 Å². The number of aliphatic hydroxyl groups is 1. The fourth-order valence-corrected chi connectivity index (χ4v) is 6.02. The number of rotatable bonds is 5. The number of amides is 1. The van der Waals surface area contributed by atoms with Crippen LogP contribution >= 0.6 is 0 Å². The minimum absolute atomic E-state index is 0.0301. The Morgan fingerprint density at radius 3 is 2.64 bits per heavy atom. The minimum Gasteiger partial charge on any atom is -0.393 e. The average Bonchev–Trinajstić information content (AvgIpc) is 3.54. The Morgan fingerprint density at radius 1 is 1.07 bits per heavy atom. The second-order valence-corrected chi connectivity index (χ2v) is 10.6. The number of fused-ring (bicyclic) bond motifs is 2. The number of nitrogens with two attached hydrogens (primary N) is 1. The molecule has 2 aliphatic rings. The van der Waals surface area contributed by atoms with E-state index in [1.807, 2.05) is 42.6 Å². The Hall–Kier alpha value is -4.88. The third-order valence-corrected chi connectivity index (χ3v) is 8.09. The van der Waals surface area contributed by atoms with Gasteiger partial charge in [-0.15, -0.1) is 10.2 Å². The van der Waals surface area contributed by atoms with Gasteiger partial charge in [0.15, 0.2) is 11.5 Å². The maximum Gasteiger partial charge on any atom is 0.284 e. The van der Waals surface area contributed by atoms with Gasteiger partial charge < -0.3 is 25.5 Å². The molecule has 0 radical (unpaired) electrons. The van der Waals surface area contributed by atoms with Crippen LogP contribution in [0.3, 0.4) is 0 Å². The van der Waals surface area contributed by atoms with Crippen LogP contribution in [0.2, 0.25) is 0 Å². The number of nitrogens with one attached hydrogen (secondary N) is 1. The number of pyridine rings is 1. The van der Waals surface area contributed by atoms with Crippen molar-refractivity contribution >= 4 is 28.6 Å². The van der Waals surface area contributed by atoms with E-state index in [1.165, 1.54) is 4.68 Å². The first-order valence-electron chi connectivity index (χ1n) is 13.9. The first-order valence-corrected chi connectivity index (χ1v) is 13.9. The molecule has 4 N–H and O–H groups in total. The van der Waals surface area contributed by atoms with Crippen LogP contribution in [0.5, 0.6) is 0 Å². The van der Waals surface area contributed by atoms with E-state index < -0.39 is 11.5 Å². The van der Waals surface area contributed by atoms with Crippen molar-refractivity contribution in [1.82, 2.24) is 34.3 Å². The Kier molecular flexibility index (Phi) is 6.52. The number of carbonyl (C=O) groups is 1. The van der Waals surface area contributed by atoms with Crippen LogP contribution in [0.15, 0.2) is 59.7 Å². The summed E-state index contributed by atoms with van der Waals surface area (Å²) in [6.45, 7) is 1.06. The molecule has 4 aromatic heterocycles. The summed E-state index contributed by atoms with van der Waals surface area (Å²) in [5.41, 5.74) is 9.25. The van der Waals surface area contributed by atoms with E-state index >= 15 is 0 Å². The number of ether oxygens (including phenoxy) is 1. The number of benzene rings is 1. The van der Waals surface area contributed by atoms with Crippen LogP contribution in [0, 0.1) is 0 Å². The van der Waals surface area contributed by atoms with E-state index in [1.54, 1.807) is 16.9 Å². The lowest BCUT2D eigenvalue weighted by atomic mass is 9.93. The molecule has 0 atom stereocenters. The summed E-state index contributed by atoms with van der Waals surface area (Å²) in [7, 11) is 0. The topological polar surface area (TPSA) is 168 Å². The smallest absolute Gasteiger partial charge is 0.284 e. The number of anilines is 2. The average molecular weight is 568 g/mol. The minimum atomic E-state index is -0.552. The molecule has 0 spiro atoms. The molecule has 7 rings (SSSR count). The van der Waals surface area contributed by atoms with Crippen molar-refractivity contribution < 1.29 is 14.6 Å². The van der Waals surface area contributed by atoms with Gasteiger partial charge in [0.05, 0.1) is 42.6 Å². The predicted octanol–water partition coefficient (Wildman–Crippen LogP) is 2.68. The molecule has 0 bridgehead atoms. The summed E-state index contributed by atoms with van der Waals surface area (Å²) in [6.07, 6.45) is 6.41. The van der Waals surface area contributed by atoms with Crippen molar-refractivity contribution in [3.63, 3.8) is 0 Å². The summed E-state index contributed by atoms with van der Waals surface area (Å²) in [6, 6.07) is 12.9. The van der Waals surface area contributed by atoms with Gasteiger partial charge in [-0.1, -0.05) is 18.2 Å². The molecule has 1 aromatic carbocycles. The van der Waals surface area contributed by atoms with Crippen molar-refractivity contribution in [1.29, 1.82) is 0 Å². The third kappa shape index (κ3) is 4.43. The molecular weight excluding hydrogens is 538 g/mol. The fraction of sp³-hybridized carbons (Fsp3) is 0.310. The lowest BCUT2D eigenvalue weighted by molar-refractivity contribution is 0.0756. The van der Waals surface area contributed by atoms with E-state index in [9.17, 15) is 14.7 Å². The molecule has 0 unspecified atom stereocenters. The molecule has 5 aromatic rings. The number of nitrogen functional groups attached to an aromatic ring is 1. The summed E-state index contributed by atoms with van der Waals surface area (Å²) < 4.78 is 11.0. The van der Waals surface area contributed by atoms with Gasteiger partial charge in [-0.25, -0.2) is 9.67 Å². The molecule has 13 nitrogen and oxygen atoms in total. The highest BCUT2D eigenvalue weighted by atomic mass is 16.5. The van der Waals surface area contributed by atoms with Crippen molar-refractivity contribution in [2.45, 2.75) is 51.0 Å². The van der Waals surface area contributed by atoms with Crippen LogP contribution < -0.4 is 16.6 Å². The van der Waals surface area contributed by atoms with Crippen LogP contribution in [0.25, 0.3) is 27.8 Å². The maximum absolute atomic E-state index is 13.5. The van der Waals surface area contributed by atoms with Crippen LogP contribution in [0.4, 0.5) is 11.6 Å². The number of nitrogens with zero attached hydrogens (tertiary/aromatic N) is 7. The number of aromatic nitrogens is 7. The molecule has 13 heteroatoms. The van der Waals surface area contributed by atoms with E-state index in [-0.39, 0.29) is 30.1 Å². The first kappa shape index (κ1) is 26.0. The summed E-state index contributed by atoms with van der Waals surface area (Å²) >= 11 is 0. The lowest BCUT2D eigenvalue weighted by Crippen LogP contribution is -2.26. The maximum atomic E-state index is 13.5. The van der Waals surface area contributed by atoms with Gasteiger partial charge in [-0.05, 0) is 55.2 Å². The SMILES string of the molecule is Nc1nnnc2c1c(-c1ccc(NC(=O)c3c4n(n(-c5ccccc5)c3=O)CCOC4)nc1)cn2C1CCC(O)CC1. The van der Waals surface area contributed by atoms with Gasteiger partial charge in [-0.3, -0.25) is 14.3 Å². The largest absolute Gasteiger partial charge is 0.393 e. The Balaban J connectivity index is 1.19. The summed E-state index contributed by atoms with van der Waals surface area (Å²) in [5, 5.41) is 25.5.